The van der Waals surface area contributed by atoms with Gasteiger partial charge in [0.1, 0.15) is 0 Å². The van der Waals surface area contributed by atoms with E-state index in [9.17, 15) is 13.6 Å². The van der Waals surface area contributed by atoms with Crippen LogP contribution in [0, 0.1) is 15.2 Å². The summed E-state index contributed by atoms with van der Waals surface area (Å²) in [7, 11) is 0. The van der Waals surface area contributed by atoms with Gasteiger partial charge in [0, 0.05) is 9.13 Å². The zero-order chi connectivity index (χ0) is 10.0. The van der Waals surface area contributed by atoms with Gasteiger partial charge >= 0.3 is 5.97 Å². The van der Waals surface area contributed by atoms with Gasteiger partial charge in [-0.25, -0.2) is 8.78 Å². The van der Waals surface area contributed by atoms with Gasteiger partial charge in [-0.1, -0.05) is 0 Å². The van der Waals surface area contributed by atoms with Crippen molar-refractivity contribution in [1.29, 1.82) is 0 Å². The molecule has 0 saturated carbocycles. The molecule has 0 heterocycles. The highest BCUT2D eigenvalue weighted by Gasteiger charge is 2.14. The first-order chi connectivity index (χ1) is 6.02. The van der Waals surface area contributed by atoms with Crippen LogP contribution in [0.5, 0.6) is 0 Å². The molecule has 0 aliphatic heterocycles. The highest BCUT2D eigenvalue weighted by atomic mass is 127. The molecule has 1 rings (SSSR count). The van der Waals surface area contributed by atoms with Crippen molar-refractivity contribution in [3.8, 4) is 0 Å². The van der Waals surface area contributed by atoms with E-state index in [4.69, 9.17) is 5.11 Å². The van der Waals surface area contributed by atoms with E-state index in [1.54, 1.807) is 22.6 Å². The molecule has 0 fully saturated rings. The molecule has 0 amide bonds. The maximum absolute atomic E-state index is 13.0. The Morgan fingerprint density at radius 3 is 2.62 bits per heavy atom. The van der Waals surface area contributed by atoms with E-state index >= 15 is 0 Å². The second-order valence-electron chi connectivity index (χ2n) is 2.39. The van der Waals surface area contributed by atoms with Gasteiger partial charge < -0.3 is 5.11 Å². The molecular weight excluding hydrogens is 293 g/mol. The van der Waals surface area contributed by atoms with Crippen molar-refractivity contribution in [3.05, 3.63) is 32.9 Å². The average Bonchev–Trinajstić information content (AvgIpc) is 2.05. The van der Waals surface area contributed by atoms with E-state index < -0.39 is 24.0 Å². The van der Waals surface area contributed by atoms with Gasteiger partial charge in [0.15, 0.2) is 11.6 Å². The molecule has 2 nitrogen and oxygen atoms in total. The predicted molar refractivity (Wildman–Crippen MR) is 50.4 cm³/mol. The van der Waals surface area contributed by atoms with Gasteiger partial charge in [0.05, 0.1) is 6.42 Å². The number of rotatable bonds is 2. The Kier molecular flexibility index (Phi) is 3.18. The lowest BCUT2D eigenvalue weighted by molar-refractivity contribution is -0.136. The summed E-state index contributed by atoms with van der Waals surface area (Å²) >= 11 is 1.77. The van der Waals surface area contributed by atoms with E-state index in [1.165, 1.54) is 6.07 Å². The Morgan fingerprint density at radius 2 is 2.08 bits per heavy atom. The number of carboxylic acids is 1. The fraction of sp³-hybridized carbons (Fsp3) is 0.125. The smallest absolute Gasteiger partial charge is 0.307 e. The first kappa shape index (κ1) is 10.4. The van der Waals surface area contributed by atoms with Crippen LogP contribution in [0.3, 0.4) is 0 Å². The lowest BCUT2D eigenvalue weighted by Gasteiger charge is -2.03. The molecule has 0 spiro atoms. The first-order valence-electron chi connectivity index (χ1n) is 3.36. The molecule has 0 radical (unpaired) electrons. The summed E-state index contributed by atoms with van der Waals surface area (Å²) in [4.78, 5) is 10.3. The molecule has 0 aromatic heterocycles. The molecule has 70 valence electrons. The van der Waals surface area contributed by atoms with E-state index in [0.29, 0.717) is 3.57 Å². The van der Waals surface area contributed by atoms with Gasteiger partial charge in [-0.05, 0) is 34.7 Å². The van der Waals surface area contributed by atoms with Gasteiger partial charge in [0.25, 0.3) is 0 Å². The lowest BCUT2D eigenvalue weighted by atomic mass is 10.1. The maximum Gasteiger partial charge on any atom is 0.307 e. The van der Waals surface area contributed by atoms with Crippen molar-refractivity contribution >= 4 is 28.6 Å². The average molecular weight is 298 g/mol. The number of carboxylic acid groups (broad SMARTS) is 1. The fourth-order valence-corrected chi connectivity index (χ4v) is 1.49. The molecule has 1 aromatic carbocycles. The molecular formula is C8H5F2IO2. The molecule has 5 heteroatoms. The van der Waals surface area contributed by atoms with Crippen molar-refractivity contribution in [2.45, 2.75) is 6.42 Å². The van der Waals surface area contributed by atoms with Crippen LogP contribution >= 0.6 is 22.6 Å². The summed E-state index contributed by atoms with van der Waals surface area (Å²) in [5.41, 5.74) is -0.104. The largest absolute Gasteiger partial charge is 0.481 e. The summed E-state index contributed by atoms with van der Waals surface area (Å²) in [6.07, 6.45) is -0.498. The Balaban J connectivity index is 3.17. The van der Waals surface area contributed by atoms with E-state index in [2.05, 4.69) is 0 Å². The van der Waals surface area contributed by atoms with Gasteiger partial charge in [-0.2, -0.15) is 0 Å². The number of halogens is 3. The molecule has 1 N–H and O–H groups in total. The zero-order valence-electron chi connectivity index (χ0n) is 6.35. The Bertz CT molecular complexity index is 352. The summed E-state index contributed by atoms with van der Waals surface area (Å²) in [6.45, 7) is 0. The van der Waals surface area contributed by atoms with Crippen LogP contribution in [0.25, 0.3) is 0 Å². The SMILES string of the molecule is O=C(O)Cc1c(I)ccc(F)c1F. The van der Waals surface area contributed by atoms with Crippen LogP contribution < -0.4 is 0 Å². The molecule has 0 bridgehead atoms. The zero-order valence-corrected chi connectivity index (χ0v) is 8.51. The minimum Gasteiger partial charge on any atom is -0.481 e. The summed E-state index contributed by atoms with van der Waals surface area (Å²) in [6, 6.07) is 2.32. The summed E-state index contributed by atoms with van der Waals surface area (Å²) in [5, 5.41) is 8.41. The minimum atomic E-state index is -1.18. The molecule has 0 aliphatic carbocycles. The van der Waals surface area contributed by atoms with E-state index in [1.807, 2.05) is 0 Å². The van der Waals surface area contributed by atoms with Crippen molar-refractivity contribution in [1.82, 2.24) is 0 Å². The molecule has 1 aromatic rings. The van der Waals surface area contributed by atoms with Crippen LogP contribution in [-0.4, -0.2) is 11.1 Å². The topological polar surface area (TPSA) is 37.3 Å². The fourth-order valence-electron chi connectivity index (χ4n) is 0.882. The molecule has 0 saturated heterocycles. The van der Waals surface area contributed by atoms with E-state index in [0.717, 1.165) is 6.07 Å². The Hall–Kier alpha value is -0.720. The number of benzene rings is 1. The third-order valence-electron chi connectivity index (χ3n) is 1.47. The highest BCUT2D eigenvalue weighted by molar-refractivity contribution is 14.1. The van der Waals surface area contributed by atoms with Crippen LogP contribution in [0.4, 0.5) is 8.78 Å². The van der Waals surface area contributed by atoms with Gasteiger partial charge in [-0.3, -0.25) is 4.79 Å². The molecule has 0 unspecified atom stereocenters. The number of carbonyl (C=O) groups is 1. The second-order valence-corrected chi connectivity index (χ2v) is 3.55. The van der Waals surface area contributed by atoms with Crippen molar-refractivity contribution in [2.24, 2.45) is 0 Å². The van der Waals surface area contributed by atoms with Crippen LogP contribution in [0.2, 0.25) is 0 Å². The van der Waals surface area contributed by atoms with E-state index in [-0.39, 0.29) is 5.56 Å². The molecule has 0 atom stereocenters. The minimum absolute atomic E-state index is 0.104. The van der Waals surface area contributed by atoms with Gasteiger partial charge in [-0.15, -0.1) is 0 Å². The number of hydrogen-bond donors (Lipinski definition) is 1. The van der Waals surface area contributed by atoms with Crippen molar-refractivity contribution in [2.75, 3.05) is 0 Å². The van der Waals surface area contributed by atoms with Crippen molar-refractivity contribution < 1.29 is 18.7 Å². The van der Waals surface area contributed by atoms with Crippen LogP contribution in [0.1, 0.15) is 5.56 Å². The monoisotopic (exact) mass is 298 g/mol. The standard InChI is InChI=1S/C8H5F2IO2/c9-5-1-2-6(11)4(8(5)10)3-7(12)13/h1-2H,3H2,(H,12,13). The third kappa shape index (κ3) is 2.36. The van der Waals surface area contributed by atoms with Gasteiger partial charge in [0.2, 0.25) is 0 Å². The first-order valence-corrected chi connectivity index (χ1v) is 4.44. The lowest BCUT2D eigenvalue weighted by Crippen LogP contribution is -2.06. The highest BCUT2D eigenvalue weighted by Crippen LogP contribution is 2.19. The Labute approximate surface area is 86.7 Å². The maximum atomic E-state index is 13.0. The summed E-state index contributed by atoms with van der Waals surface area (Å²) < 4.78 is 26.0. The third-order valence-corrected chi connectivity index (χ3v) is 2.48. The normalized spacial score (nSPS) is 10.1. The Morgan fingerprint density at radius 1 is 1.46 bits per heavy atom. The molecule has 0 aliphatic rings. The van der Waals surface area contributed by atoms with Crippen LogP contribution in [0.15, 0.2) is 12.1 Å². The number of aliphatic carboxylic acids is 1. The predicted octanol–water partition coefficient (Wildman–Crippen LogP) is 2.20. The number of hydrogen-bond acceptors (Lipinski definition) is 1. The van der Waals surface area contributed by atoms with Crippen molar-refractivity contribution in [3.63, 3.8) is 0 Å². The molecule has 13 heavy (non-hydrogen) atoms. The quantitative estimate of drug-likeness (QED) is 0.671. The second kappa shape index (κ2) is 3.99. The van der Waals surface area contributed by atoms with Crippen LogP contribution in [-0.2, 0) is 11.2 Å². The summed E-state index contributed by atoms with van der Waals surface area (Å²) in [5.74, 6) is -3.27.